The number of nitrogens with one attached hydrogen (secondary N) is 1. The van der Waals surface area contributed by atoms with Crippen LogP contribution in [0.4, 0.5) is 5.69 Å². The molecule has 2 aromatic carbocycles. The molecule has 0 spiro atoms. The molecule has 2 aromatic rings. The van der Waals surface area contributed by atoms with Crippen LogP contribution in [0.3, 0.4) is 0 Å². The van der Waals surface area contributed by atoms with E-state index in [0.29, 0.717) is 18.4 Å². The number of allylic oxidation sites excluding steroid dienone is 2. The molecule has 2 aliphatic rings. The summed E-state index contributed by atoms with van der Waals surface area (Å²) in [5.41, 5.74) is 4.74. The Kier molecular flexibility index (Phi) is 4.46. The predicted octanol–water partition coefficient (Wildman–Crippen LogP) is 5.48. The Morgan fingerprint density at radius 3 is 2.85 bits per heavy atom. The third-order valence-electron chi connectivity index (χ3n) is 5.29. The van der Waals surface area contributed by atoms with Crippen LogP contribution in [0.15, 0.2) is 66.8 Å². The minimum atomic E-state index is 0.237. The maximum absolute atomic E-state index is 5.86. The Balaban J connectivity index is 1.69. The molecule has 0 saturated carbocycles. The Bertz CT molecular complexity index is 855. The number of benzene rings is 2. The van der Waals surface area contributed by atoms with Gasteiger partial charge >= 0.3 is 0 Å². The smallest absolute Gasteiger partial charge is 0.124 e. The van der Waals surface area contributed by atoms with Gasteiger partial charge in [0.25, 0.3) is 0 Å². The van der Waals surface area contributed by atoms with Crippen LogP contribution < -0.4 is 14.8 Å². The topological polar surface area (TPSA) is 30.5 Å². The summed E-state index contributed by atoms with van der Waals surface area (Å²) in [7, 11) is 1.74. The highest BCUT2D eigenvalue weighted by Crippen LogP contribution is 2.51. The first-order valence-electron chi connectivity index (χ1n) is 9.14. The van der Waals surface area contributed by atoms with E-state index >= 15 is 0 Å². The normalized spacial score (nSPS) is 22.9. The molecule has 3 atom stereocenters. The van der Waals surface area contributed by atoms with Crippen molar-refractivity contribution in [2.75, 3.05) is 19.0 Å². The number of methoxy groups -OCH3 is 1. The highest BCUT2D eigenvalue weighted by Gasteiger charge is 2.39. The van der Waals surface area contributed by atoms with Crippen LogP contribution in [-0.2, 0) is 0 Å². The summed E-state index contributed by atoms with van der Waals surface area (Å²) in [5, 5.41) is 3.76. The summed E-state index contributed by atoms with van der Waals surface area (Å²) in [4.78, 5) is 0. The van der Waals surface area contributed by atoms with Gasteiger partial charge in [-0.1, -0.05) is 36.9 Å². The quantitative estimate of drug-likeness (QED) is 0.727. The molecule has 134 valence electrons. The first kappa shape index (κ1) is 16.8. The fraction of sp³-hybridized carbons (Fsp3) is 0.304. The number of rotatable bonds is 5. The standard InChI is InChI=1S/C23H25NO2/c1-15(2)14-26-16-11-12-21-20(13-16)17-8-6-9-18(17)23(24-21)19-7-4-5-10-22(19)25-3/h4-8,10-13,17-18,23-24H,1,9,14H2,2-3H3. The summed E-state index contributed by atoms with van der Waals surface area (Å²) in [6.07, 6.45) is 5.71. The zero-order valence-corrected chi connectivity index (χ0v) is 15.4. The van der Waals surface area contributed by atoms with E-state index in [1.54, 1.807) is 7.11 Å². The number of hydrogen-bond donors (Lipinski definition) is 1. The molecule has 3 unspecified atom stereocenters. The number of fused-ring (bicyclic) bond motifs is 3. The first-order valence-corrected chi connectivity index (χ1v) is 9.14. The van der Waals surface area contributed by atoms with Crippen molar-refractivity contribution in [3.63, 3.8) is 0 Å². The van der Waals surface area contributed by atoms with Crippen molar-refractivity contribution in [1.82, 2.24) is 0 Å². The first-order chi connectivity index (χ1) is 12.7. The van der Waals surface area contributed by atoms with E-state index in [1.165, 1.54) is 16.8 Å². The minimum absolute atomic E-state index is 0.237. The van der Waals surface area contributed by atoms with Gasteiger partial charge in [0.05, 0.1) is 13.2 Å². The maximum Gasteiger partial charge on any atom is 0.124 e. The maximum atomic E-state index is 5.86. The van der Waals surface area contributed by atoms with Crippen molar-refractivity contribution in [3.8, 4) is 11.5 Å². The molecule has 0 saturated heterocycles. The molecule has 1 N–H and O–H groups in total. The average Bonchev–Trinajstić information content (AvgIpc) is 3.15. The van der Waals surface area contributed by atoms with Crippen molar-refractivity contribution in [3.05, 3.63) is 77.9 Å². The van der Waals surface area contributed by atoms with Crippen LogP contribution in [0.1, 0.15) is 36.4 Å². The Morgan fingerprint density at radius 1 is 1.19 bits per heavy atom. The second-order valence-electron chi connectivity index (χ2n) is 7.21. The zero-order valence-electron chi connectivity index (χ0n) is 15.4. The van der Waals surface area contributed by atoms with Gasteiger partial charge < -0.3 is 14.8 Å². The number of ether oxygens (including phenoxy) is 2. The molecule has 3 heteroatoms. The van der Waals surface area contributed by atoms with E-state index in [0.717, 1.165) is 23.5 Å². The largest absolute Gasteiger partial charge is 0.496 e. The summed E-state index contributed by atoms with van der Waals surface area (Å²) < 4.78 is 11.5. The van der Waals surface area contributed by atoms with Crippen molar-refractivity contribution >= 4 is 5.69 Å². The number of anilines is 1. The molecule has 0 fully saturated rings. The Hall–Kier alpha value is -2.68. The Labute approximate surface area is 155 Å². The van der Waals surface area contributed by atoms with Crippen LogP contribution in [0.2, 0.25) is 0 Å². The second kappa shape index (κ2) is 6.91. The molecule has 3 nitrogen and oxygen atoms in total. The SMILES string of the molecule is C=C(C)COc1ccc2c(c1)C1C=CCC1C(c1ccccc1OC)N2. The van der Waals surface area contributed by atoms with Gasteiger partial charge in [0, 0.05) is 17.2 Å². The zero-order chi connectivity index (χ0) is 18.1. The molecule has 0 radical (unpaired) electrons. The van der Waals surface area contributed by atoms with Crippen LogP contribution >= 0.6 is 0 Å². The van der Waals surface area contributed by atoms with Gasteiger partial charge in [0.1, 0.15) is 18.1 Å². The van der Waals surface area contributed by atoms with Gasteiger partial charge in [-0.25, -0.2) is 0 Å². The van der Waals surface area contributed by atoms with Crippen molar-refractivity contribution in [1.29, 1.82) is 0 Å². The number of hydrogen-bond acceptors (Lipinski definition) is 3. The lowest BCUT2D eigenvalue weighted by molar-refractivity contribution is 0.350. The van der Waals surface area contributed by atoms with E-state index in [2.05, 4.69) is 48.3 Å². The van der Waals surface area contributed by atoms with Crippen LogP contribution in [0.5, 0.6) is 11.5 Å². The van der Waals surface area contributed by atoms with Crippen LogP contribution in [0.25, 0.3) is 0 Å². The summed E-state index contributed by atoms with van der Waals surface area (Å²) in [6.45, 7) is 6.45. The van der Waals surface area contributed by atoms with Crippen LogP contribution in [0, 0.1) is 5.92 Å². The molecule has 1 aliphatic carbocycles. The lowest BCUT2D eigenvalue weighted by Crippen LogP contribution is -2.29. The molecule has 26 heavy (non-hydrogen) atoms. The van der Waals surface area contributed by atoms with Gasteiger partial charge in [0.2, 0.25) is 0 Å². The highest BCUT2D eigenvalue weighted by molar-refractivity contribution is 5.62. The third-order valence-corrected chi connectivity index (χ3v) is 5.29. The van der Waals surface area contributed by atoms with Crippen LogP contribution in [-0.4, -0.2) is 13.7 Å². The monoisotopic (exact) mass is 347 g/mol. The fourth-order valence-corrected chi connectivity index (χ4v) is 4.10. The van der Waals surface area contributed by atoms with E-state index in [9.17, 15) is 0 Å². The van der Waals surface area contributed by atoms with Gasteiger partial charge in [0.15, 0.2) is 0 Å². The summed E-state index contributed by atoms with van der Waals surface area (Å²) >= 11 is 0. The van der Waals surface area contributed by atoms with E-state index in [4.69, 9.17) is 9.47 Å². The number of para-hydroxylation sites is 1. The molecule has 0 amide bonds. The van der Waals surface area contributed by atoms with E-state index in [1.807, 2.05) is 25.1 Å². The van der Waals surface area contributed by atoms with Crippen molar-refractivity contribution in [2.24, 2.45) is 5.92 Å². The van der Waals surface area contributed by atoms with Gasteiger partial charge in [-0.15, -0.1) is 0 Å². The molecule has 1 aliphatic heterocycles. The second-order valence-corrected chi connectivity index (χ2v) is 7.21. The average molecular weight is 347 g/mol. The molecular formula is C23H25NO2. The van der Waals surface area contributed by atoms with Gasteiger partial charge in [-0.2, -0.15) is 0 Å². The van der Waals surface area contributed by atoms with Gasteiger partial charge in [-0.05, 0) is 54.7 Å². The molecule has 0 bridgehead atoms. The van der Waals surface area contributed by atoms with E-state index < -0.39 is 0 Å². The minimum Gasteiger partial charge on any atom is -0.496 e. The lowest BCUT2D eigenvalue weighted by atomic mass is 9.77. The van der Waals surface area contributed by atoms with Gasteiger partial charge in [-0.3, -0.25) is 0 Å². The highest BCUT2D eigenvalue weighted by atomic mass is 16.5. The van der Waals surface area contributed by atoms with Crippen molar-refractivity contribution in [2.45, 2.75) is 25.3 Å². The molecule has 0 aromatic heterocycles. The summed E-state index contributed by atoms with van der Waals surface area (Å²) in [5.74, 6) is 2.73. The molecule has 4 rings (SSSR count). The van der Waals surface area contributed by atoms with E-state index in [-0.39, 0.29) is 6.04 Å². The third kappa shape index (κ3) is 2.98. The Morgan fingerprint density at radius 2 is 2.04 bits per heavy atom. The lowest BCUT2D eigenvalue weighted by Gasteiger charge is -2.38. The van der Waals surface area contributed by atoms with Crippen molar-refractivity contribution < 1.29 is 9.47 Å². The predicted molar refractivity (Wildman–Crippen MR) is 106 cm³/mol. The molecular weight excluding hydrogens is 322 g/mol. The fourth-order valence-electron chi connectivity index (χ4n) is 4.10. The summed E-state index contributed by atoms with van der Waals surface area (Å²) in [6, 6.07) is 14.9. The molecule has 1 heterocycles.